The zero-order valence-electron chi connectivity index (χ0n) is 8.86. The van der Waals surface area contributed by atoms with E-state index >= 15 is 0 Å². The van der Waals surface area contributed by atoms with E-state index in [-0.39, 0.29) is 15.8 Å². The Morgan fingerprint density at radius 2 is 1.65 bits per heavy atom. The van der Waals surface area contributed by atoms with Crippen LogP contribution in [0.5, 0.6) is 11.5 Å². The molecule has 2 nitrogen and oxygen atoms in total. The van der Waals surface area contributed by atoms with Gasteiger partial charge in [-0.1, -0.05) is 53.5 Å². The predicted molar refractivity (Wildman–Crippen MR) is 68.9 cm³/mol. The first-order chi connectivity index (χ1) is 8.18. The van der Waals surface area contributed by atoms with Crippen LogP contribution in [-0.4, -0.2) is 5.11 Å². The van der Waals surface area contributed by atoms with Gasteiger partial charge in [0.15, 0.2) is 0 Å². The van der Waals surface area contributed by atoms with Gasteiger partial charge in [0.1, 0.15) is 28.2 Å². The highest BCUT2D eigenvalue weighted by molar-refractivity contribution is 6.43. The van der Waals surface area contributed by atoms with E-state index in [4.69, 9.17) is 27.9 Å². The summed E-state index contributed by atoms with van der Waals surface area (Å²) in [7, 11) is 0. The van der Waals surface area contributed by atoms with E-state index in [0.717, 1.165) is 5.56 Å². The maximum atomic E-state index is 9.34. The lowest BCUT2D eigenvalue weighted by Crippen LogP contribution is -1.95. The van der Waals surface area contributed by atoms with E-state index in [1.807, 2.05) is 30.3 Å². The molecule has 0 radical (unpaired) electrons. The maximum absolute atomic E-state index is 9.34. The predicted octanol–water partition coefficient (Wildman–Crippen LogP) is 4.28. The van der Waals surface area contributed by atoms with Gasteiger partial charge in [0.2, 0.25) is 0 Å². The van der Waals surface area contributed by atoms with Gasteiger partial charge in [0, 0.05) is 0 Å². The minimum absolute atomic E-state index is 0.0521. The fraction of sp³-hybridized carbons (Fsp3) is 0.0769. The Kier molecular flexibility index (Phi) is 3.77. The molecule has 1 N–H and O–H groups in total. The normalized spacial score (nSPS) is 10.2. The second-order valence-corrected chi connectivity index (χ2v) is 4.24. The van der Waals surface area contributed by atoms with Gasteiger partial charge < -0.3 is 9.84 Å². The third kappa shape index (κ3) is 2.84. The van der Waals surface area contributed by atoms with E-state index in [1.165, 1.54) is 6.07 Å². The number of hydrogen-bond donors (Lipinski definition) is 1. The van der Waals surface area contributed by atoms with Crippen molar-refractivity contribution in [2.75, 3.05) is 0 Å². The maximum Gasteiger partial charge on any atom is 0.140 e. The number of hydrogen-bond acceptors (Lipinski definition) is 2. The Labute approximate surface area is 109 Å². The molecule has 0 saturated carbocycles. The van der Waals surface area contributed by atoms with Crippen molar-refractivity contribution < 1.29 is 9.84 Å². The quantitative estimate of drug-likeness (QED) is 0.901. The second kappa shape index (κ2) is 5.30. The minimum atomic E-state index is -0.0521. The summed E-state index contributed by atoms with van der Waals surface area (Å²) in [6.45, 7) is 0.404. The second-order valence-electron chi connectivity index (χ2n) is 3.49. The molecule has 0 aliphatic rings. The standard InChI is InChI=1S/C13H10Cl2O2/c14-12-10(16)6-7-11(13(12)15)17-8-9-4-2-1-3-5-9/h1-7,16H,8H2. The molecular weight excluding hydrogens is 259 g/mol. The van der Waals surface area contributed by atoms with Crippen molar-refractivity contribution in [3.8, 4) is 11.5 Å². The van der Waals surface area contributed by atoms with Crippen LogP contribution < -0.4 is 4.74 Å². The highest BCUT2D eigenvalue weighted by atomic mass is 35.5. The summed E-state index contributed by atoms with van der Waals surface area (Å²) in [5.41, 5.74) is 1.03. The van der Waals surface area contributed by atoms with Gasteiger partial charge in [0.25, 0.3) is 0 Å². The van der Waals surface area contributed by atoms with Crippen LogP contribution in [-0.2, 0) is 6.61 Å². The Bertz CT molecular complexity index is 512. The third-order valence-corrected chi connectivity index (χ3v) is 3.12. The molecule has 0 heterocycles. The number of phenols is 1. The van der Waals surface area contributed by atoms with Crippen LogP contribution in [0.2, 0.25) is 10.0 Å². The van der Waals surface area contributed by atoms with Crippen LogP contribution in [0.3, 0.4) is 0 Å². The highest BCUT2D eigenvalue weighted by Crippen LogP contribution is 2.38. The molecule has 0 aromatic heterocycles. The Balaban J connectivity index is 2.13. The Morgan fingerprint density at radius 3 is 2.35 bits per heavy atom. The molecule has 88 valence electrons. The molecule has 4 heteroatoms. The fourth-order valence-electron chi connectivity index (χ4n) is 1.37. The van der Waals surface area contributed by atoms with Crippen molar-refractivity contribution in [1.82, 2.24) is 0 Å². The molecule has 0 fully saturated rings. The molecular formula is C13H10Cl2O2. The van der Waals surface area contributed by atoms with E-state index < -0.39 is 0 Å². The van der Waals surface area contributed by atoms with E-state index in [1.54, 1.807) is 6.07 Å². The first kappa shape index (κ1) is 12.1. The summed E-state index contributed by atoms with van der Waals surface area (Å²) in [4.78, 5) is 0. The van der Waals surface area contributed by atoms with Crippen molar-refractivity contribution >= 4 is 23.2 Å². The Morgan fingerprint density at radius 1 is 0.941 bits per heavy atom. The zero-order valence-corrected chi connectivity index (χ0v) is 10.4. The molecule has 2 aromatic carbocycles. The van der Waals surface area contributed by atoms with Gasteiger partial charge in [-0.2, -0.15) is 0 Å². The van der Waals surface area contributed by atoms with Crippen LogP contribution in [0.25, 0.3) is 0 Å². The van der Waals surface area contributed by atoms with E-state index in [9.17, 15) is 5.11 Å². The first-order valence-electron chi connectivity index (χ1n) is 5.02. The van der Waals surface area contributed by atoms with Gasteiger partial charge in [0.05, 0.1) is 0 Å². The van der Waals surface area contributed by atoms with Crippen molar-refractivity contribution in [1.29, 1.82) is 0 Å². The first-order valence-corrected chi connectivity index (χ1v) is 5.78. The summed E-state index contributed by atoms with van der Waals surface area (Å²) >= 11 is 11.8. The van der Waals surface area contributed by atoms with Crippen LogP contribution in [0, 0.1) is 0 Å². The number of rotatable bonds is 3. The monoisotopic (exact) mass is 268 g/mol. The lowest BCUT2D eigenvalue weighted by atomic mass is 10.2. The number of aromatic hydroxyl groups is 1. The van der Waals surface area contributed by atoms with Crippen LogP contribution in [0.15, 0.2) is 42.5 Å². The number of halogens is 2. The molecule has 0 saturated heterocycles. The average molecular weight is 269 g/mol. The summed E-state index contributed by atoms with van der Waals surface area (Å²) < 4.78 is 5.53. The highest BCUT2D eigenvalue weighted by Gasteiger charge is 2.10. The van der Waals surface area contributed by atoms with Gasteiger partial charge in [-0.3, -0.25) is 0 Å². The summed E-state index contributed by atoms with van der Waals surface area (Å²) in [6, 6.07) is 12.8. The van der Waals surface area contributed by atoms with E-state index in [2.05, 4.69) is 0 Å². The Hall–Kier alpha value is -1.38. The lowest BCUT2D eigenvalue weighted by Gasteiger charge is -2.09. The fourth-order valence-corrected chi connectivity index (χ4v) is 1.74. The topological polar surface area (TPSA) is 29.5 Å². The number of phenolic OH excluding ortho intramolecular Hbond substituents is 1. The van der Waals surface area contributed by atoms with Gasteiger partial charge in [-0.25, -0.2) is 0 Å². The van der Waals surface area contributed by atoms with Crippen LogP contribution in [0.4, 0.5) is 0 Å². The molecule has 2 rings (SSSR count). The van der Waals surface area contributed by atoms with Crippen LogP contribution in [0.1, 0.15) is 5.56 Å². The molecule has 0 spiro atoms. The molecule has 2 aromatic rings. The van der Waals surface area contributed by atoms with Crippen molar-refractivity contribution in [3.63, 3.8) is 0 Å². The molecule has 0 amide bonds. The zero-order chi connectivity index (χ0) is 12.3. The molecule has 0 atom stereocenters. The molecule has 0 aliphatic carbocycles. The van der Waals surface area contributed by atoms with Crippen molar-refractivity contribution in [2.45, 2.75) is 6.61 Å². The number of ether oxygens (including phenoxy) is 1. The summed E-state index contributed by atoms with van der Waals surface area (Å²) in [6.07, 6.45) is 0. The summed E-state index contributed by atoms with van der Waals surface area (Å²) in [5.74, 6) is 0.405. The van der Waals surface area contributed by atoms with E-state index in [0.29, 0.717) is 12.4 Å². The largest absolute Gasteiger partial charge is 0.506 e. The van der Waals surface area contributed by atoms with Crippen LogP contribution >= 0.6 is 23.2 Å². The summed E-state index contributed by atoms with van der Waals surface area (Å²) in [5, 5.41) is 9.67. The van der Waals surface area contributed by atoms with Gasteiger partial charge in [-0.15, -0.1) is 0 Å². The smallest absolute Gasteiger partial charge is 0.140 e. The molecule has 0 bridgehead atoms. The lowest BCUT2D eigenvalue weighted by molar-refractivity contribution is 0.306. The molecule has 0 aliphatic heterocycles. The molecule has 0 unspecified atom stereocenters. The van der Waals surface area contributed by atoms with Crippen molar-refractivity contribution in [3.05, 3.63) is 58.1 Å². The minimum Gasteiger partial charge on any atom is -0.506 e. The SMILES string of the molecule is Oc1ccc(OCc2ccccc2)c(Cl)c1Cl. The average Bonchev–Trinajstić information content (AvgIpc) is 2.36. The van der Waals surface area contributed by atoms with Gasteiger partial charge in [-0.05, 0) is 17.7 Å². The molecule has 17 heavy (non-hydrogen) atoms. The van der Waals surface area contributed by atoms with Gasteiger partial charge >= 0.3 is 0 Å². The van der Waals surface area contributed by atoms with Crippen molar-refractivity contribution in [2.24, 2.45) is 0 Å². The third-order valence-electron chi connectivity index (χ3n) is 2.26. The number of benzene rings is 2.